The Morgan fingerprint density at radius 2 is 1.46 bits per heavy atom. The number of rotatable bonds is 3. The van der Waals surface area contributed by atoms with Crippen LogP contribution in [0.15, 0.2) is 54.6 Å². The SMILES string of the molecule is O=C(c1cc(-c2ccc(Cl)cc2)n(-c2ccc(Cl)cc2)n1)N1CCCC1. The number of hydrogen-bond acceptors (Lipinski definition) is 2. The highest BCUT2D eigenvalue weighted by atomic mass is 35.5. The van der Waals surface area contributed by atoms with E-state index >= 15 is 0 Å². The van der Waals surface area contributed by atoms with Crippen LogP contribution in [0.1, 0.15) is 23.3 Å². The topological polar surface area (TPSA) is 38.1 Å². The Balaban J connectivity index is 1.80. The van der Waals surface area contributed by atoms with Crippen LogP contribution in [0, 0.1) is 0 Å². The molecule has 1 fully saturated rings. The van der Waals surface area contributed by atoms with Gasteiger partial charge in [0.1, 0.15) is 0 Å². The zero-order chi connectivity index (χ0) is 18.1. The van der Waals surface area contributed by atoms with E-state index < -0.39 is 0 Å². The van der Waals surface area contributed by atoms with E-state index in [1.54, 1.807) is 4.68 Å². The zero-order valence-electron chi connectivity index (χ0n) is 14.0. The molecule has 132 valence electrons. The van der Waals surface area contributed by atoms with Gasteiger partial charge in [-0.15, -0.1) is 0 Å². The fourth-order valence-electron chi connectivity index (χ4n) is 3.17. The van der Waals surface area contributed by atoms with Crippen LogP contribution in [0.5, 0.6) is 0 Å². The normalized spacial score (nSPS) is 14.0. The monoisotopic (exact) mass is 385 g/mol. The maximum Gasteiger partial charge on any atom is 0.274 e. The summed E-state index contributed by atoms with van der Waals surface area (Å²) < 4.78 is 1.78. The molecule has 0 N–H and O–H groups in total. The van der Waals surface area contributed by atoms with Crippen molar-refractivity contribution in [2.24, 2.45) is 0 Å². The second kappa shape index (κ2) is 7.14. The first-order valence-electron chi connectivity index (χ1n) is 8.53. The van der Waals surface area contributed by atoms with Crippen LogP contribution in [0.2, 0.25) is 10.0 Å². The van der Waals surface area contributed by atoms with Crippen LogP contribution in [0.3, 0.4) is 0 Å². The second-order valence-electron chi connectivity index (χ2n) is 6.31. The molecule has 0 unspecified atom stereocenters. The predicted molar refractivity (Wildman–Crippen MR) is 104 cm³/mol. The number of likely N-dealkylation sites (tertiary alicyclic amines) is 1. The summed E-state index contributed by atoms with van der Waals surface area (Å²) in [6.07, 6.45) is 2.10. The van der Waals surface area contributed by atoms with Gasteiger partial charge in [-0.25, -0.2) is 4.68 Å². The van der Waals surface area contributed by atoms with E-state index in [-0.39, 0.29) is 5.91 Å². The number of nitrogens with zero attached hydrogens (tertiary/aromatic N) is 3. The largest absolute Gasteiger partial charge is 0.337 e. The summed E-state index contributed by atoms with van der Waals surface area (Å²) in [7, 11) is 0. The highest BCUT2D eigenvalue weighted by molar-refractivity contribution is 6.30. The highest BCUT2D eigenvalue weighted by Crippen LogP contribution is 2.27. The quantitative estimate of drug-likeness (QED) is 0.630. The Morgan fingerprint density at radius 3 is 2.08 bits per heavy atom. The van der Waals surface area contributed by atoms with Gasteiger partial charge < -0.3 is 4.90 Å². The lowest BCUT2D eigenvalue weighted by Crippen LogP contribution is -2.28. The van der Waals surface area contributed by atoms with Gasteiger partial charge in [0.25, 0.3) is 5.91 Å². The van der Waals surface area contributed by atoms with Crippen molar-refractivity contribution in [1.29, 1.82) is 0 Å². The first-order valence-corrected chi connectivity index (χ1v) is 9.28. The lowest BCUT2D eigenvalue weighted by molar-refractivity contribution is 0.0786. The number of benzene rings is 2. The predicted octanol–water partition coefficient (Wildman–Crippen LogP) is 5.08. The molecule has 1 saturated heterocycles. The summed E-state index contributed by atoms with van der Waals surface area (Å²) in [5, 5.41) is 5.92. The van der Waals surface area contributed by atoms with Crippen molar-refractivity contribution in [3.8, 4) is 16.9 Å². The van der Waals surface area contributed by atoms with Crippen molar-refractivity contribution in [1.82, 2.24) is 14.7 Å². The molecular weight excluding hydrogens is 369 g/mol. The fourth-order valence-corrected chi connectivity index (χ4v) is 3.43. The number of carbonyl (C=O) groups excluding carboxylic acids is 1. The Bertz CT molecular complexity index is 864. The van der Waals surface area contributed by atoms with Gasteiger partial charge >= 0.3 is 0 Å². The van der Waals surface area contributed by atoms with Crippen LogP contribution in [0.25, 0.3) is 16.9 Å². The molecule has 0 bridgehead atoms. The highest BCUT2D eigenvalue weighted by Gasteiger charge is 2.24. The summed E-state index contributed by atoms with van der Waals surface area (Å²) >= 11 is 12.0. The van der Waals surface area contributed by atoms with Gasteiger partial charge in [0.2, 0.25) is 0 Å². The molecule has 0 atom stereocenters. The van der Waals surface area contributed by atoms with Crippen LogP contribution in [-0.4, -0.2) is 33.7 Å². The first-order chi connectivity index (χ1) is 12.6. The molecule has 6 heteroatoms. The summed E-state index contributed by atoms with van der Waals surface area (Å²) in [5.74, 6) is -0.0228. The number of carbonyl (C=O) groups is 1. The number of aromatic nitrogens is 2. The molecular formula is C20H17Cl2N3O. The third kappa shape index (κ3) is 3.35. The van der Waals surface area contributed by atoms with E-state index in [2.05, 4.69) is 5.10 Å². The summed E-state index contributed by atoms with van der Waals surface area (Å²) in [5.41, 5.74) is 3.08. The maximum absolute atomic E-state index is 12.8. The fraction of sp³-hybridized carbons (Fsp3) is 0.200. The number of halogens is 2. The third-order valence-corrected chi connectivity index (χ3v) is 5.04. The molecule has 1 aliphatic heterocycles. The molecule has 1 aromatic heterocycles. The van der Waals surface area contributed by atoms with Crippen molar-refractivity contribution in [3.63, 3.8) is 0 Å². The summed E-state index contributed by atoms with van der Waals surface area (Å²) in [6, 6.07) is 16.8. The van der Waals surface area contributed by atoms with Gasteiger partial charge in [-0.2, -0.15) is 5.10 Å². The minimum atomic E-state index is -0.0228. The number of amides is 1. The van der Waals surface area contributed by atoms with Gasteiger partial charge in [0.15, 0.2) is 5.69 Å². The van der Waals surface area contributed by atoms with Gasteiger partial charge in [-0.3, -0.25) is 4.79 Å². The molecule has 1 aliphatic rings. The van der Waals surface area contributed by atoms with Crippen LogP contribution >= 0.6 is 23.2 Å². The van der Waals surface area contributed by atoms with Gasteiger partial charge in [-0.1, -0.05) is 35.3 Å². The minimum Gasteiger partial charge on any atom is -0.337 e. The summed E-state index contributed by atoms with van der Waals surface area (Å²) in [4.78, 5) is 14.7. The molecule has 4 rings (SSSR count). The van der Waals surface area contributed by atoms with E-state index in [0.29, 0.717) is 15.7 Å². The lowest BCUT2D eigenvalue weighted by atomic mass is 10.1. The standard InChI is InChI=1S/C20H17Cl2N3O/c21-15-5-3-14(4-6-15)19-13-18(20(26)24-11-1-2-12-24)23-25(19)17-9-7-16(22)8-10-17/h3-10,13H,1-2,11-12H2. The molecule has 4 nitrogen and oxygen atoms in total. The van der Waals surface area contributed by atoms with E-state index in [4.69, 9.17) is 23.2 Å². The molecule has 2 heterocycles. The average Bonchev–Trinajstić information content (AvgIpc) is 3.33. The smallest absolute Gasteiger partial charge is 0.274 e. The van der Waals surface area contributed by atoms with Crippen LogP contribution < -0.4 is 0 Å². The average molecular weight is 386 g/mol. The maximum atomic E-state index is 12.8. The van der Waals surface area contributed by atoms with Crippen LogP contribution in [0.4, 0.5) is 0 Å². The number of hydrogen-bond donors (Lipinski definition) is 0. The van der Waals surface area contributed by atoms with E-state index in [1.807, 2.05) is 59.5 Å². The van der Waals surface area contributed by atoms with Crippen molar-refractivity contribution < 1.29 is 4.79 Å². The lowest BCUT2D eigenvalue weighted by Gasteiger charge is -2.12. The summed E-state index contributed by atoms with van der Waals surface area (Å²) in [6.45, 7) is 1.59. The molecule has 1 amide bonds. The molecule has 0 spiro atoms. The Hall–Kier alpha value is -2.30. The molecule has 0 radical (unpaired) electrons. The second-order valence-corrected chi connectivity index (χ2v) is 7.18. The molecule has 0 saturated carbocycles. The first kappa shape index (κ1) is 17.1. The molecule has 3 aromatic rings. The third-order valence-electron chi connectivity index (χ3n) is 4.53. The van der Waals surface area contributed by atoms with Gasteiger partial charge in [-0.05, 0) is 55.3 Å². The van der Waals surface area contributed by atoms with Gasteiger partial charge in [0.05, 0.1) is 11.4 Å². The van der Waals surface area contributed by atoms with Crippen molar-refractivity contribution in [3.05, 3.63) is 70.3 Å². The van der Waals surface area contributed by atoms with E-state index in [0.717, 1.165) is 42.9 Å². The zero-order valence-corrected chi connectivity index (χ0v) is 15.5. The molecule has 26 heavy (non-hydrogen) atoms. The van der Waals surface area contributed by atoms with Crippen molar-refractivity contribution in [2.45, 2.75) is 12.8 Å². The molecule has 2 aromatic carbocycles. The van der Waals surface area contributed by atoms with Crippen molar-refractivity contribution >= 4 is 29.1 Å². The van der Waals surface area contributed by atoms with Gasteiger partial charge in [0, 0.05) is 28.7 Å². The van der Waals surface area contributed by atoms with E-state index in [9.17, 15) is 4.79 Å². The Kier molecular flexibility index (Phi) is 4.70. The molecule has 0 aliphatic carbocycles. The van der Waals surface area contributed by atoms with E-state index in [1.165, 1.54) is 0 Å². The Labute approximate surface area is 161 Å². The van der Waals surface area contributed by atoms with Crippen molar-refractivity contribution in [2.75, 3.05) is 13.1 Å². The Morgan fingerprint density at radius 1 is 0.885 bits per heavy atom. The van der Waals surface area contributed by atoms with Crippen LogP contribution in [-0.2, 0) is 0 Å². The minimum absolute atomic E-state index is 0.0228.